The molecule has 0 aromatic heterocycles. The first-order valence-corrected chi connectivity index (χ1v) is 9.67. The van der Waals surface area contributed by atoms with Crippen molar-refractivity contribution in [3.8, 4) is 5.75 Å². The molecular weight excluding hydrogens is 354 g/mol. The van der Waals surface area contributed by atoms with Crippen molar-refractivity contribution < 1.29 is 14.6 Å². The molecule has 3 N–H and O–H groups in total. The number of hydrogen-bond acceptors (Lipinski definition) is 4. The van der Waals surface area contributed by atoms with Crippen molar-refractivity contribution in [2.75, 3.05) is 25.6 Å². The van der Waals surface area contributed by atoms with Crippen molar-refractivity contribution >= 4 is 11.7 Å². The summed E-state index contributed by atoms with van der Waals surface area (Å²) in [7, 11) is 1.59. The van der Waals surface area contributed by atoms with Crippen LogP contribution < -0.4 is 15.4 Å². The van der Waals surface area contributed by atoms with E-state index >= 15 is 0 Å². The standard InChI is InChI=1S/C22H29N3O3/c1-15(2)23-13-19-21(16-8-5-4-6-9-16)20(14-26)25(19)22(27)24-17-10-7-11-18(12-17)28-3/h4-12,15,19-21,23,26H,13-14H2,1-3H3,(H,24,27)/t19-,20-,21-/m0/s1. The number of rotatable bonds is 7. The predicted molar refractivity (Wildman–Crippen MR) is 111 cm³/mol. The van der Waals surface area contributed by atoms with E-state index in [1.165, 1.54) is 0 Å². The number of carbonyl (C=O) groups is 1. The third-order valence-electron chi connectivity index (χ3n) is 5.21. The fourth-order valence-corrected chi connectivity index (χ4v) is 3.84. The van der Waals surface area contributed by atoms with Gasteiger partial charge >= 0.3 is 6.03 Å². The summed E-state index contributed by atoms with van der Waals surface area (Å²) in [4.78, 5) is 14.8. The zero-order valence-corrected chi connectivity index (χ0v) is 16.6. The van der Waals surface area contributed by atoms with Gasteiger partial charge in [-0.2, -0.15) is 0 Å². The number of hydrogen-bond donors (Lipinski definition) is 3. The minimum atomic E-state index is -0.257. The number of methoxy groups -OCH3 is 1. The van der Waals surface area contributed by atoms with E-state index in [1.54, 1.807) is 18.1 Å². The zero-order chi connectivity index (χ0) is 20.1. The number of ether oxygens (including phenoxy) is 1. The quantitative estimate of drug-likeness (QED) is 0.687. The lowest BCUT2D eigenvalue weighted by molar-refractivity contribution is -0.00306. The first-order chi connectivity index (χ1) is 13.5. The number of carbonyl (C=O) groups excluding carboxylic acids is 1. The summed E-state index contributed by atoms with van der Waals surface area (Å²) in [6.45, 7) is 4.75. The van der Waals surface area contributed by atoms with E-state index in [-0.39, 0.29) is 30.6 Å². The summed E-state index contributed by atoms with van der Waals surface area (Å²) >= 11 is 0. The molecule has 3 atom stereocenters. The molecular formula is C22H29N3O3. The number of benzene rings is 2. The summed E-state index contributed by atoms with van der Waals surface area (Å²) < 4.78 is 5.23. The van der Waals surface area contributed by atoms with Gasteiger partial charge in [-0.05, 0) is 17.7 Å². The number of nitrogens with one attached hydrogen (secondary N) is 2. The Morgan fingerprint density at radius 3 is 2.54 bits per heavy atom. The Balaban J connectivity index is 1.80. The minimum Gasteiger partial charge on any atom is -0.497 e. The Kier molecular flexibility index (Phi) is 6.54. The van der Waals surface area contributed by atoms with E-state index in [0.717, 1.165) is 5.56 Å². The van der Waals surface area contributed by atoms with Crippen LogP contribution >= 0.6 is 0 Å². The van der Waals surface area contributed by atoms with Crippen molar-refractivity contribution in [1.82, 2.24) is 10.2 Å². The molecule has 150 valence electrons. The van der Waals surface area contributed by atoms with Gasteiger partial charge in [0.25, 0.3) is 0 Å². The van der Waals surface area contributed by atoms with Crippen LogP contribution in [0.3, 0.4) is 0 Å². The second-order valence-corrected chi connectivity index (χ2v) is 7.39. The fourth-order valence-electron chi connectivity index (χ4n) is 3.84. The fraction of sp³-hybridized carbons (Fsp3) is 0.409. The summed E-state index contributed by atoms with van der Waals surface area (Å²) in [6.07, 6.45) is 0. The molecule has 0 aliphatic carbocycles. The molecule has 0 bridgehead atoms. The van der Waals surface area contributed by atoms with Crippen LogP contribution in [0.15, 0.2) is 54.6 Å². The van der Waals surface area contributed by atoms with Crippen LogP contribution in [-0.4, -0.2) is 54.4 Å². The molecule has 6 nitrogen and oxygen atoms in total. The molecule has 2 aromatic carbocycles. The van der Waals surface area contributed by atoms with Crippen LogP contribution in [0.1, 0.15) is 25.3 Å². The Morgan fingerprint density at radius 2 is 1.89 bits per heavy atom. The summed E-state index contributed by atoms with van der Waals surface area (Å²) in [5.74, 6) is 0.772. The lowest BCUT2D eigenvalue weighted by Gasteiger charge is -2.55. The number of aliphatic hydroxyl groups is 1. The molecule has 0 radical (unpaired) electrons. The van der Waals surface area contributed by atoms with Crippen molar-refractivity contribution in [3.05, 3.63) is 60.2 Å². The molecule has 3 rings (SSSR count). The largest absolute Gasteiger partial charge is 0.497 e. The topological polar surface area (TPSA) is 73.8 Å². The second-order valence-electron chi connectivity index (χ2n) is 7.39. The van der Waals surface area contributed by atoms with Crippen molar-refractivity contribution in [2.45, 2.75) is 37.9 Å². The van der Waals surface area contributed by atoms with Gasteiger partial charge in [0.05, 0.1) is 25.8 Å². The number of amides is 2. The van der Waals surface area contributed by atoms with Crippen molar-refractivity contribution in [2.24, 2.45) is 0 Å². The van der Waals surface area contributed by atoms with Gasteiger partial charge in [-0.15, -0.1) is 0 Å². The van der Waals surface area contributed by atoms with E-state index in [9.17, 15) is 9.90 Å². The lowest BCUT2D eigenvalue weighted by atomic mass is 9.75. The maximum absolute atomic E-state index is 13.0. The van der Waals surface area contributed by atoms with Gasteiger partial charge in [-0.25, -0.2) is 4.79 Å². The highest BCUT2D eigenvalue weighted by atomic mass is 16.5. The predicted octanol–water partition coefficient (Wildman–Crippen LogP) is 3.05. The van der Waals surface area contributed by atoms with E-state index < -0.39 is 0 Å². The molecule has 0 saturated carbocycles. The number of nitrogens with zero attached hydrogens (tertiary/aromatic N) is 1. The van der Waals surface area contributed by atoms with Gasteiger partial charge in [0.2, 0.25) is 0 Å². The van der Waals surface area contributed by atoms with Crippen LogP contribution in [0, 0.1) is 0 Å². The Morgan fingerprint density at radius 1 is 1.14 bits per heavy atom. The van der Waals surface area contributed by atoms with Crippen LogP contribution in [0.25, 0.3) is 0 Å². The average Bonchev–Trinajstić information content (AvgIpc) is 2.68. The van der Waals surface area contributed by atoms with Crippen LogP contribution in [0.2, 0.25) is 0 Å². The molecule has 2 aromatic rings. The monoisotopic (exact) mass is 383 g/mol. The Labute approximate surface area is 166 Å². The maximum Gasteiger partial charge on any atom is 0.322 e. The first-order valence-electron chi connectivity index (χ1n) is 9.67. The van der Waals surface area contributed by atoms with Crippen molar-refractivity contribution in [3.63, 3.8) is 0 Å². The van der Waals surface area contributed by atoms with E-state index in [4.69, 9.17) is 4.74 Å². The molecule has 1 heterocycles. The molecule has 1 aliphatic heterocycles. The number of anilines is 1. The number of likely N-dealkylation sites (tertiary alicyclic amines) is 1. The van der Waals surface area contributed by atoms with Gasteiger partial charge < -0.3 is 25.4 Å². The van der Waals surface area contributed by atoms with Crippen LogP contribution in [0.4, 0.5) is 10.5 Å². The van der Waals surface area contributed by atoms with Gasteiger partial charge in [0.1, 0.15) is 5.75 Å². The molecule has 0 unspecified atom stereocenters. The average molecular weight is 383 g/mol. The number of urea groups is 1. The van der Waals surface area contributed by atoms with Gasteiger partial charge in [-0.3, -0.25) is 0 Å². The highest BCUT2D eigenvalue weighted by molar-refractivity contribution is 5.91. The lowest BCUT2D eigenvalue weighted by Crippen LogP contribution is -2.69. The molecule has 6 heteroatoms. The van der Waals surface area contributed by atoms with Crippen molar-refractivity contribution in [1.29, 1.82) is 0 Å². The summed E-state index contributed by atoms with van der Waals surface area (Å²) in [5, 5.41) is 16.4. The molecule has 1 aliphatic rings. The minimum absolute atomic E-state index is 0.0347. The van der Waals surface area contributed by atoms with Crippen LogP contribution in [0.5, 0.6) is 5.75 Å². The molecule has 1 fully saturated rings. The normalized spacial score (nSPS) is 21.3. The molecule has 28 heavy (non-hydrogen) atoms. The van der Waals surface area contributed by atoms with Gasteiger partial charge in [-0.1, -0.05) is 50.2 Å². The molecule has 0 spiro atoms. The SMILES string of the molecule is COc1cccc(NC(=O)N2[C@@H](CO)[C@@H](c3ccccc3)[C@@H]2CNC(C)C)c1. The van der Waals surface area contributed by atoms with Crippen LogP contribution in [-0.2, 0) is 0 Å². The zero-order valence-electron chi connectivity index (χ0n) is 16.6. The van der Waals surface area contributed by atoms with E-state index in [1.807, 2.05) is 36.4 Å². The summed E-state index contributed by atoms with van der Waals surface area (Å²) in [6, 6.07) is 17.2. The third-order valence-corrected chi connectivity index (χ3v) is 5.21. The maximum atomic E-state index is 13.0. The Hall–Kier alpha value is -2.57. The summed E-state index contributed by atoms with van der Waals surface area (Å²) in [5.41, 5.74) is 1.81. The molecule has 1 saturated heterocycles. The Bertz CT molecular complexity index is 782. The second kappa shape index (κ2) is 9.08. The first kappa shape index (κ1) is 20.2. The van der Waals surface area contributed by atoms with Gasteiger partial charge in [0, 0.05) is 30.3 Å². The number of aliphatic hydroxyl groups excluding tert-OH is 1. The van der Waals surface area contributed by atoms with Gasteiger partial charge in [0.15, 0.2) is 0 Å². The highest BCUT2D eigenvalue weighted by Gasteiger charge is 2.50. The highest BCUT2D eigenvalue weighted by Crippen LogP contribution is 2.40. The smallest absolute Gasteiger partial charge is 0.322 e. The van der Waals surface area contributed by atoms with E-state index in [0.29, 0.717) is 24.0 Å². The van der Waals surface area contributed by atoms with E-state index in [2.05, 4.69) is 36.6 Å². The molecule has 2 amide bonds. The third kappa shape index (κ3) is 4.29.